The summed E-state index contributed by atoms with van der Waals surface area (Å²) in [7, 11) is 0. The lowest BCUT2D eigenvalue weighted by molar-refractivity contribution is -0.132. The van der Waals surface area contributed by atoms with Crippen LogP contribution in [-0.4, -0.2) is 28.9 Å². The van der Waals surface area contributed by atoms with Gasteiger partial charge in [0.1, 0.15) is 0 Å². The molecule has 21 heavy (non-hydrogen) atoms. The Morgan fingerprint density at radius 1 is 1.52 bits per heavy atom. The van der Waals surface area contributed by atoms with E-state index in [-0.39, 0.29) is 5.91 Å². The van der Waals surface area contributed by atoms with E-state index in [4.69, 9.17) is 0 Å². The van der Waals surface area contributed by atoms with Gasteiger partial charge in [-0.05, 0) is 37.1 Å². The van der Waals surface area contributed by atoms with Crippen LogP contribution in [0.15, 0.2) is 17.5 Å². The number of aryl methyl sites for hydroxylation is 1. The first-order valence-corrected chi connectivity index (χ1v) is 9.11. The number of carbonyl (C=O) groups excluding carboxylic acids is 1. The zero-order valence-electron chi connectivity index (χ0n) is 12.5. The van der Waals surface area contributed by atoms with Crippen molar-refractivity contribution in [1.29, 1.82) is 0 Å². The number of nitrogens with zero attached hydrogens (tertiary/aromatic N) is 2. The third-order valence-corrected chi connectivity index (χ3v) is 5.73. The van der Waals surface area contributed by atoms with Crippen LogP contribution in [-0.2, 0) is 11.2 Å². The Labute approximate surface area is 133 Å². The molecule has 0 aromatic carbocycles. The van der Waals surface area contributed by atoms with Crippen LogP contribution in [0.3, 0.4) is 0 Å². The minimum absolute atomic E-state index is 0.253. The van der Waals surface area contributed by atoms with Crippen LogP contribution in [0, 0.1) is 12.8 Å². The summed E-state index contributed by atoms with van der Waals surface area (Å²) in [6.07, 6.45) is 2.86. The number of piperidine rings is 1. The quantitative estimate of drug-likeness (QED) is 0.857. The first-order valence-electron chi connectivity index (χ1n) is 7.41. The highest BCUT2D eigenvalue weighted by molar-refractivity contribution is 7.15. The van der Waals surface area contributed by atoms with E-state index in [0.29, 0.717) is 12.3 Å². The third-order valence-electron chi connectivity index (χ3n) is 3.88. The van der Waals surface area contributed by atoms with E-state index in [1.165, 1.54) is 6.42 Å². The number of thiazole rings is 1. The molecule has 1 amide bonds. The number of carbonyl (C=O) groups is 1. The maximum atomic E-state index is 12.6. The second-order valence-electron chi connectivity index (χ2n) is 5.75. The monoisotopic (exact) mass is 320 g/mol. The number of aromatic nitrogens is 1. The molecular weight excluding hydrogens is 300 g/mol. The molecule has 3 heterocycles. The molecule has 2 aromatic rings. The van der Waals surface area contributed by atoms with Crippen LogP contribution in [0.2, 0.25) is 0 Å². The van der Waals surface area contributed by atoms with Crippen LogP contribution >= 0.6 is 22.7 Å². The van der Waals surface area contributed by atoms with Crippen molar-refractivity contribution in [2.24, 2.45) is 5.92 Å². The minimum atomic E-state index is 0.253. The highest BCUT2D eigenvalue weighted by Gasteiger charge is 2.23. The van der Waals surface area contributed by atoms with Gasteiger partial charge in [0, 0.05) is 18.0 Å². The summed E-state index contributed by atoms with van der Waals surface area (Å²) in [6.45, 7) is 6.06. The van der Waals surface area contributed by atoms with Crippen molar-refractivity contribution in [3.8, 4) is 10.6 Å². The SMILES string of the molecule is Cc1nc(-c2cccs2)c(CC(=O)N2CCCC(C)C2)s1. The average Bonchev–Trinajstić information content (AvgIpc) is 3.08. The Morgan fingerprint density at radius 3 is 3.10 bits per heavy atom. The number of thiophene rings is 1. The van der Waals surface area contributed by atoms with E-state index >= 15 is 0 Å². The fourth-order valence-corrected chi connectivity index (χ4v) is 4.61. The second-order valence-corrected chi connectivity index (χ2v) is 7.98. The summed E-state index contributed by atoms with van der Waals surface area (Å²) < 4.78 is 0. The fraction of sp³-hybridized carbons (Fsp3) is 0.500. The summed E-state index contributed by atoms with van der Waals surface area (Å²) in [5.41, 5.74) is 1.01. The standard InChI is InChI=1S/C16H20N2OS2/c1-11-5-3-7-18(10-11)15(19)9-14-16(17-12(2)21-14)13-6-4-8-20-13/h4,6,8,11H,3,5,7,9-10H2,1-2H3. The van der Waals surface area contributed by atoms with Gasteiger partial charge in [-0.25, -0.2) is 4.98 Å². The van der Waals surface area contributed by atoms with Crippen molar-refractivity contribution in [2.75, 3.05) is 13.1 Å². The first-order chi connectivity index (χ1) is 10.1. The molecule has 3 rings (SSSR count). The molecule has 0 radical (unpaired) electrons. The van der Waals surface area contributed by atoms with E-state index in [2.05, 4.69) is 23.4 Å². The topological polar surface area (TPSA) is 33.2 Å². The summed E-state index contributed by atoms with van der Waals surface area (Å²) in [5, 5.41) is 3.09. The summed E-state index contributed by atoms with van der Waals surface area (Å²) in [4.78, 5) is 21.5. The lowest BCUT2D eigenvalue weighted by Gasteiger charge is -2.30. The molecule has 0 aliphatic carbocycles. The Kier molecular flexibility index (Phi) is 4.40. The molecule has 1 aliphatic rings. The van der Waals surface area contributed by atoms with Crippen LogP contribution < -0.4 is 0 Å². The number of hydrogen-bond donors (Lipinski definition) is 0. The Morgan fingerprint density at radius 2 is 2.38 bits per heavy atom. The van der Waals surface area contributed by atoms with Crippen molar-refractivity contribution in [3.63, 3.8) is 0 Å². The van der Waals surface area contributed by atoms with Gasteiger partial charge in [-0.1, -0.05) is 13.0 Å². The Bertz CT molecular complexity index is 618. The number of hydrogen-bond acceptors (Lipinski definition) is 4. The summed E-state index contributed by atoms with van der Waals surface area (Å²) in [5.74, 6) is 0.880. The van der Waals surface area contributed by atoms with E-state index in [9.17, 15) is 4.79 Å². The Balaban J connectivity index is 1.77. The largest absolute Gasteiger partial charge is 0.342 e. The van der Waals surface area contributed by atoms with Gasteiger partial charge in [0.25, 0.3) is 0 Å². The molecular formula is C16H20N2OS2. The Hall–Kier alpha value is -1.20. The molecule has 1 fully saturated rings. The molecule has 0 N–H and O–H groups in total. The zero-order chi connectivity index (χ0) is 14.8. The number of rotatable bonds is 3. The van der Waals surface area contributed by atoms with Crippen LogP contribution in [0.25, 0.3) is 10.6 Å². The lowest BCUT2D eigenvalue weighted by Crippen LogP contribution is -2.39. The smallest absolute Gasteiger partial charge is 0.227 e. The molecule has 2 aromatic heterocycles. The first kappa shape index (κ1) is 14.7. The molecule has 5 heteroatoms. The van der Waals surface area contributed by atoms with Gasteiger partial charge in [-0.15, -0.1) is 22.7 Å². The highest BCUT2D eigenvalue weighted by Crippen LogP contribution is 2.32. The maximum absolute atomic E-state index is 12.6. The molecule has 0 spiro atoms. The molecule has 3 nitrogen and oxygen atoms in total. The number of likely N-dealkylation sites (tertiary alicyclic amines) is 1. The lowest BCUT2D eigenvalue weighted by atomic mass is 10.00. The molecule has 0 saturated carbocycles. The van der Waals surface area contributed by atoms with Gasteiger partial charge in [0.05, 0.1) is 22.0 Å². The zero-order valence-corrected chi connectivity index (χ0v) is 14.1. The molecule has 0 bridgehead atoms. The van der Waals surface area contributed by atoms with Crippen LogP contribution in [0.1, 0.15) is 29.7 Å². The predicted octanol–water partition coefficient (Wildman–Crippen LogP) is 3.98. The fourth-order valence-electron chi connectivity index (χ4n) is 2.86. The van der Waals surface area contributed by atoms with Crippen LogP contribution in [0.5, 0.6) is 0 Å². The minimum Gasteiger partial charge on any atom is -0.342 e. The normalized spacial score (nSPS) is 19.0. The predicted molar refractivity (Wildman–Crippen MR) is 88.8 cm³/mol. The molecule has 1 saturated heterocycles. The molecule has 1 aliphatic heterocycles. The summed E-state index contributed by atoms with van der Waals surface area (Å²) in [6, 6.07) is 4.11. The van der Waals surface area contributed by atoms with Crippen molar-refractivity contribution < 1.29 is 4.79 Å². The average molecular weight is 320 g/mol. The van der Waals surface area contributed by atoms with Crippen molar-refractivity contribution >= 4 is 28.6 Å². The van der Waals surface area contributed by atoms with Gasteiger partial charge < -0.3 is 4.90 Å². The van der Waals surface area contributed by atoms with E-state index in [1.807, 2.05) is 17.9 Å². The van der Waals surface area contributed by atoms with Gasteiger partial charge >= 0.3 is 0 Å². The van der Waals surface area contributed by atoms with Gasteiger partial charge in [-0.3, -0.25) is 4.79 Å². The van der Waals surface area contributed by atoms with Crippen molar-refractivity contribution in [3.05, 3.63) is 27.4 Å². The van der Waals surface area contributed by atoms with Gasteiger partial charge in [0.2, 0.25) is 5.91 Å². The molecule has 112 valence electrons. The van der Waals surface area contributed by atoms with E-state index in [0.717, 1.165) is 40.0 Å². The van der Waals surface area contributed by atoms with Crippen molar-refractivity contribution in [1.82, 2.24) is 9.88 Å². The van der Waals surface area contributed by atoms with Gasteiger partial charge in [-0.2, -0.15) is 0 Å². The summed E-state index contributed by atoms with van der Waals surface area (Å²) >= 11 is 3.34. The second kappa shape index (κ2) is 6.28. The highest BCUT2D eigenvalue weighted by atomic mass is 32.1. The third kappa shape index (κ3) is 3.35. The maximum Gasteiger partial charge on any atom is 0.227 e. The number of amides is 1. The van der Waals surface area contributed by atoms with Gasteiger partial charge in [0.15, 0.2) is 0 Å². The molecule has 1 atom stereocenters. The van der Waals surface area contributed by atoms with Crippen molar-refractivity contribution in [2.45, 2.75) is 33.1 Å². The van der Waals surface area contributed by atoms with Crippen LogP contribution in [0.4, 0.5) is 0 Å². The molecule has 1 unspecified atom stereocenters. The van der Waals surface area contributed by atoms with E-state index in [1.54, 1.807) is 22.7 Å². The van der Waals surface area contributed by atoms with E-state index < -0.39 is 0 Å².